The average molecular weight is 573 g/mol. The average Bonchev–Trinajstić information content (AvgIpc) is 3.46. The Balaban J connectivity index is 2.05. The summed E-state index contributed by atoms with van der Waals surface area (Å²) in [6.07, 6.45) is 2.88. The Morgan fingerprint density at radius 3 is 1.84 bits per heavy atom. The van der Waals surface area contributed by atoms with Gasteiger partial charge in [0.25, 0.3) is 0 Å². The maximum absolute atomic E-state index is 12.4. The zero-order valence-corrected chi connectivity index (χ0v) is 29.3. The molecule has 0 radical (unpaired) electrons. The second-order valence-corrected chi connectivity index (χ2v) is 25.5. The summed E-state index contributed by atoms with van der Waals surface area (Å²) in [4.78, 5) is 12.4. The first-order valence-electron chi connectivity index (χ1n) is 14.8. The molecular weight excluding hydrogens is 512 g/mol. The summed E-state index contributed by atoms with van der Waals surface area (Å²) in [6, 6.07) is 0. The van der Waals surface area contributed by atoms with Crippen molar-refractivity contribution in [3.05, 3.63) is 0 Å². The SMILES string of the molecule is C[C@H](CCC1CC1C(=O)OC(C)(C)C)O[C@@H]1O[C@@H](C)[C@H](O[Si](C)(C)C(C)(C)C)C[C@H]1O[Si](C)(C)C(C)(C)C. The molecule has 1 aliphatic carbocycles. The fourth-order valence-corrected chi connectivity index (χ4v) is 7.09. The van der Waals surface area contributed by atoms with Gasteiger partial charge in [-0.3, -0.25) is 4.79 Å². The molecule has 0 amide bonds. The number of carbonyl (C=O) groups excluding carboxylic acids is 1. The summed E-state index contributed by atoms with van der Waals surface area (Å²) in [5.41, 5.74) is -0.430. The van der Waals surface area contributed by atoms with E-state index in [2.05, 4.69) is 81.6 Å². The first-order valence-corrected chi connectivity index (χ1v) is 20.6. The van der Waals surface area contributed by atoms with E-state index in [1.54, 1.807) is 0 Å². The highest BCUT2D eigenvalue weighted by atomic mass is 28.4. The van der Waals surface area contributed by atoms with Crippen molar-refractivity contribution in [2.24, 2.45) is 11.8 Å². The van der Waals surface area contributed by atoms with Crippen molar-refractivity contribution in [3.8, 4) is 0 Å². The Kier molecular flexibility index (Phi) is 10.7. The van der Waals surface area contributed by atoms with Gasteiger partial charge in [0.15, 0.2) is 22.9 Å². The molecule has 1 saturated heterocycles. The molecule has 6 nitrogen and oxygen atoms in total. The van der Waals surface area contributed by atoms with Gasteiger partial charge in [-0.25, -0.2) is 0 Å². The van der Waals surface area contributed by atoms with Crippen LogP contribution in [-0.4, -0.2) is 58.9 Å². The quantitative estimate of drug-likeness (QED) is 0.195. The molecule has 0 spiro atoms. The highest BCUT2D eigenvalue weighted by Crippen LogP contribution is 2.45. The molecule has 38 heavy (non-hydrogen) atoms. The molecule has 224 valence electrons. The maximum atomic E-state index is 12.4. The molecule has 1 aliphatic heterocycles. The number of esters is 1. The first kappa shape index (κ1) is 33.9. The van der Waals surface area contributed by atoms with Crippen molar-refractivity contribution in [3.63, 3.8) is 0 Å². The zero-order valence-electron chi connectivity index (χ0n) is 27.3. The van der Waals surface area contributed by atoms with Crippen LogP contribution < -0.4 is 0 Å². The monoisotopic (exact) mass is 572 g/mol. The lowest BCUT2D eigenvalue weighted by Crippen LogP contribution is -2.57. The van der Waals surface area contributed by atoms with E-state index in [9.17, 15) is 4.79 Å². The Morgan fingerprint density at radius 1 is 0.868 bits per heavy atom. The molecule has 2 aliphatic rings. The van der Waals surface area contributed by atoms with Crippen LogP contribution in [0.1, 0.15) is 102 Å². The molecule has 0 aromatic rings. The Morgan fingerprint density at radius 2 is 1.37 bits per heavy atom. The lowest BCUT2D eigenvalue weighted by Gasteiger charge is -2.48. The van der Waals surface area contributed by atoms with Crippen molar-refractivity contribution in [2.45, 2.75) is 174 Å². The molecule has 1 heterocycles. The van der Waals surface area contributed by atoms with Crippen LogP contribution in [0.4, 0.5) is 0 Å². The molecule has 0 N–H and O–H groups in total. The van der Waals surface area contributed by atoms with Crippen LogP contribution in [0.2, 0.25) is 36.3 Å². The van der Waals surface area contributed by atoms with Gasteiger partial charge in [0.05, 0.1) is 30.3 Å². The van der Waals surface area contributed by atoms with Crippen molar-refractivity contribution in [1.29, 1.82) is 0 Å². The highest BCUT2D eigenvalue weighted by Gasteiger charge is 2.49. The van der Waals surface area contributed by atoms with E-state index in [4.69, 9.17) is 23.1 Å². The number of hydrogen-bond donors (Lipinski definition) is 0. The summed E-state index contributed by atoms with van der Waals surface area (Å²) in [6.45, 7) is 32.8. The molecule has 7 atom stereocenters. The van der Waals surface area contributed by atoms with Crippen molar-refractivity contribution in [2.75, 3.05) is 0 Å². The van der Waals surface area contributed by atoms with Crippen LogP contribution in [-0.2, 0) is 27.9 Å². The molecule has 0 aromatic carbocycles. The first-order chi connectivity index (χ1) is 16.9. The van der Waals surface area contributed by atoms with E-state index in [0.717, 1.165) is 25.7 Å². The molecule has 1 saturated carbocycles. The van der Waals surface area contributed by atoms with Crippen LogP contribution >= 0.6 is 0 Å². The lowest BCUT2D eigenvalue weighted by atomic mass is 10.0. The third kappa shape index (κ3) is 9.40. The summed E-state index contributed by atoms with van der Waals surface area (Å²) in [7, 11) is -4.02. The normalized spacial score (nSPS) is 30.2. The third-order valence-electron chi connectivity index (χ3n) is 9.09. The fourth-order valence-electron chi connectivity index (χ4n) is 4.37. The fraction of sp³-hybridized carbons (Fsp3) is 0.967. The summed E-state index contributed by atoms with van der Waals surface area (Å²) in [5.74, 6) is 0.371. The maximum Gasteiger partial charge on any atom is 0.309 e. The topological polar surface area (TPSA) is 63.2 Å². The van der Waals surface area contributed by atoms with Gasteiger partial charge in [0.1, 0.15) is 5.60 Å². The van der Waals surface area contributed by atoms with Gasteiger partial charge in [0.2, 0.25) is 0 Å². The van der Waals surface area contributed by atoms with E-state index >= 15 is 0 Å². The summed E-state index contributed by atoms with van der Waals surface area (Å²) in [5, 5.41) is 0.217. The van der Waals surface area contributed by atoms with E-state index < -0.39 is 28.5 Å². The van der Waals surface area contributed by atoms with Gasteiger partial charge < -0.3 is 23.1 Å². The zero-order chi connectivity index (χ0) is 29.5. The summed E-state index contributed by atoms with van der Waals surface area (Å²) >= 11 is 0. The number of ether oxygens (including phenoxy) is 3. The van der Waals surface area contributed by atoms with E-state index in [0.29, 0.717) is 5.92 Å². The van der Waals surface area contributed by atoms with Gasteiger partial charge in [-0.15, -0.1) is 0 Å². The molecule has 2 unspecified atom stereocenters. The van der Waals surface area contributed by atoms with E-state index in [-0.39, 0.29) is 46.4 Å². The van der Waals surface area contributed by atoms with Crippen molar-refractivity contribution < 1.29 is 27.9 Å². The van der Waals surface area contributed by atoms with Crippen molar-refractivity contribution in [1.82, 2.24) is 0 Å². The van der Waals surface area contributed by atoms with Crippen LogP contribution in [0.25, 0.3) is 0 Å². The van der Waals surface area contributed by atoms with E-state index in [1.165, 1.54) is 0 Å². The molecule has 2 rings (SSSR count). The van der Waals surface area contributed by atoms with Crippen LogP contribution in [0, 0.1) is 11.8 Å². The number of hydrogen-bond acceptors (Lipinski definition) is 6. The second-order valence-electron chi connectivity index (χ2n) is 15.9. The van der Waals surface area contributed by atoms with Crippen molar-refractivity contribution >= 4 is 22.6 Å². The molecule has 0 bridgehead atoms. The van der Waals surface area contributed by atoms with E-state index in [1.807, 2.05) is 20.8 Å². The smallest absolute Gasteiger partial charge is 0.309 e. The predicted octanol–water partition coefficient (Wildman–Crippen LogP) is 8.07. The third-order valence-corrected chi connectivity index (χ3v) is 18.1. The molecule has 2 fully saturated rings. The Labute approximate surface area is 236 Å². The minimum atomic E-state index is -2.06. The van der Waals surface area contributed by atoms with Gasteiger partial charge in [-0.05, 0) is 96.1 Å². The largest absolute Gasteiger partial charge is 0.460 e. The standard InChI is InChI=1S/C30H60O6Si2/c1-20(16-17-22-18-23(22)26(31)34-28(3,4)5)32-27-25(36-38(14,15)30(9,10)11)19-24(21(2)33-27)35-37(12,13)29(6,7)8/h20-25,27H,16-19H2,1-15H3/t20-,21+,22?,23?,24-,25-,27-/m1/s1. The van der Waals surface area contributed by atoms with Gasteiger partial charge in [0, 0.05) is 6.42 Å². The number of carbonyl (C=O) groups is 1. The molecular formula is C30H60O6Si2. The Hall–Kier alpha value is -0.256. The van der Waals surface area contributed by atoms with Crippen LogP contribution in [0.5, 0.6) is 0 Å². The molecule has 8 heteroatoms. The van der Waals surface area contributed by atoms with Crippen LogP contribution in [0.3, 0.4) is 0 Å². The second kappa shape index (κ2) is 11.9. The van der Waals surface area contributed by atoms with Gasteiger partial charge in [-0.2, -0.15) is 0 Å². The molecule has 0 aromatic heterocycles. The van der Waals surface area contributed by atoms with Crippen LogP contribution in [0.15, 0.2) is 0 Å². The van der Waals surface area contributed by atoms with Gasteiger partial charge >= 0.3 is 5.97 Å². The predicted molar refractivity (Wildman–Crippen MR) is 160 cm³/mol. The van der Waals surface area contributed by atoms with Gasteiger partial charge in [-0.1, -0.05) is 41.5 Å². The Bertz CT molecular complexity index is 792. The lowest BCUT2D eigenvalue weighted by molar-refractivity contribution is -0.268. The highest BCUT2D eigenvalue weighted by molar-refractivity contribution is 6.74. The summed E-state index contributed by atoms with van der Waals surface area (Å²) < 4.78 is 32.4. The minimum Gasteiger partial charge on any atom is -0.460 e. The number of rotatable bonds is 10. The minimum absolute atomic E-state index is 0.00969.